The largest absolute Gasteiger partial charge is 0.347 e. The number of hydrogen-bond acceptors (Lipinski definition) is 5. The number of thiazole rings is 1. The average molecular weight is 438 g/mol. The van der Waals surface area contributed by atoms with Crippen LogP contribution in [0.25, 0.3) is 16.3 Å². The second-order valence-corrected chi connectivity index (χ2v) is 7.88. The van der Waals surface area contributed by atoms with Crippen molar-refractivity contribution in [3.05, 3.63) is 76.5 Å². The Bertz CT molecular complexity index is 1230. The Kier molecular flexibility index (Phi) is 6.03. The Morgan fingerprint density at radius 2 is 1.87 bits per heavy atom. The molecule has 0 aliphatic carbocycles. The minimum absolute atomic E-state index is 0.276. The molecule has 9 heteroatoms. The summed E-state index contributed by atoms with van der Waals surface area (Å²) in [6.07, 6.45) is 0.475. The third-order valence-electron chi connectivity index (χ3n) is 4.68. The lowest BCUT2D eigenvalue weighted by molar-refractivity contribution is -0.139. The third kappa shape index (κ3) is 4.95. The van der Waals surface area contributed by atoms with E-state index in [0.29, 0.717) is 29.3 Å². The zero-order chi connectivity index (χ0) is 21.8. The van der Waals surface area contributed by atoms with E-state index in [-0.39, 0.29) is 12.4 Å². The number of amides is 2. The Morgan fingerprint density at radius 1 is 1.10 bits per heavy atom. The molecule has 0 radical (unpaired) electrons. The number of aromatic nitrogens is 3. The first-order chi connectivity index (χ1) is 15.0. The summed E-state index contributed by atoms with van der Waals surface area (Å²) in [4.78, 5) is 29.1. The van der Waals surface area contributed by atoms with Gasteiger partial charge in [0.1, 0.15) is 5.82 Å². The number of carbonyl (C=O) groups excluding carboxylic acids is 2. The van der Waals surface area contributed by atoms with Gasteiger partial charge in [0.25, 0.3) is 0 Å². The van der Waals surface area contributed by atoms with Gasteiger partial charge < -0.3 is 10.6 Å². The van der Waals surface area contributed by atoms with Gasteiger partial charge in [0.15, 0.2) is 5.82 Å². The van der Waals surface area contributed by atoms with Gasteiger partial charge in [-0.25, -0.2) is 8.91 Å². The molecule has 0 aliphatic heterocycles. The van der Waals surface area contributed by atoms with Gasteiger partial charge in [-0.2, -0.15) is 4.98 Å². The lowest BCUT2D eigenvalue weighted by Crippen LogP contribution is -2.40. The van der Waals surface area contributed by atoms with Gasteiger partial charge in [-0.05, 0) is 24.6 Å². The quantitative estimate of drug-likeness (QED) is 0.454. The average Bonchev–Trinajstić information content (AvgIpc) is 3.35. The van der Waals surface area contributed by atoms with Crippen molar-refractivity contribution >= 4 is 28.1 Å². The van der Waals surface area contributed by atoms with Crippen LogP contribution in [-0.4, -0.2) is 33.0 Å². The second kappa shape index (κ2) is 9.05. The minimum Gasteiger partial charge on any atom is -0.347 e. The maximum atomic E-state index is 13.5. The van der Waals surface area contributed by atoms with Crippen LogP contribution in [0.2, 0.25) is 0 Å². The predicted octanol–water partition coefficient (Wildman–Crippen LogP) is 2.88. The first kappa shape index (κ1) is 20.7. The van der Waals surface area contributed by atoms with Crippen LogP contribution in [0.5, 0.6) is 0 Å². The van der Waals surface area contributed by atoms with Crippen molar-refractivity contribution in [2.45, 2.75) is 19.9 Å². The summed E-state index contributed by atoms with van der Waals surface area (Å²) in [6.45, 7) is 2.55. The number of benzene rings is 2. The fourth-order valence-electron chi connectivity index (χ4n) is 3.00. The van der Waals surface area contributed by atoms with Crippen LogP contribution >= 0.6 is 11.3 Å². The number of fused-ring (bicyclic) bond motifs is 1. The summed E-state index contributed by atoms with van der Waals surface area (Å²) in [7, 11) is 0. The fourth-order valence-corrected chi connectivity index (χ4v) is 3.86. The number of rotatable bonds is 6. The minimum atomic E-state index is -0.683. The first-order valence-corrected chi connectivity index (χ1v) is 10.6. The smallest absolute Gasteiger partial charge is 0.309 e. The number of nitrogens with one attached hydrogen (secondary N) is 2. The highest BCUT2D eigenvalue weighted by molar-refractivity contribution is 7.15. The van der Waals surface area contributed by atoms with Gasteiger partial charge in [-0.3, -0.25) is 9.59 Å². The Balaban J connectivity index is 1.31. The molecule has 0 fully saturated rings. The molecule has 4 rings (SSSR count). The molecule has 7 nitrogen and oxygen atoms in total. The lowest BCUT2D eigenvalue weighted by atomic mass is 10.1. The van der Waals surface area contributed by atoms with Crippen LogP contribution in [0.1, 0.15) is 16.8 Å². The van der Waals surface area contributed by atoms with Crippen LogP contribution in [0.4, 0.5) is 4.39 Å². The maximum Gasteiger partial charge on any atom is 0.309 e. The Hall–Kier alpha value is -3.59. The van der Waals surface area contributed by atoms with Gasteiger partial charge in [0.2, 0.25) is 4.96 Å². The SMILES string of the molecule is Cc1ccc(CNC(=O)C(=O)NCCc2csc3nc(-c4cccc(F)c4)nn23)cc1. The fraction of sp³-hybridized carbons (Fsp3) is 0.182. The van der Waals surface area contributed by atoms with E-state index in [2.05, 4.69) is 20.7 Å². The number of nitrogens with zero attached hydrogens (tertiary/aromatic N) is 3. The molecular formula is C22H20FN5O2S. The highest BCUT2D eigenvalue weighted by Gasteiger charge is 2.15. The topological polar surface area (TPSA) is 88.4 Å². The molecule has 2 aromatic heterocycles. The van der Waals surface area contributed by atoms with E-state index in [1.165, 1.54) is 23.5 Å². The van der Waals surface area contributed by atoms with E-state index in [9.17, 15) is 14.0 Å². The Morgan fingerprint density at radius 3 is 2.65 bits per heavy atom. The molecule has 0 saturated heterocycles. The monoisotopic (exact) mass is 437 g/mol. The van der Waals surface area contributed by atoms with E-state index >= 15 is 0 Å². The van der Waals surface area contributed by atoms with E-state index < -0.39 is 11.8 Å². The van der Waals surface area contributed by atoms with Crippen LogP contribution in [-0.2, 0) is 22.6 Å². The summed E-state index contributed by atoms with van der Waals surface area (Å²) in [5.74, 6) is -1.27. The van der Waals surface area contributed by atoms with Gasteiger partial charge in [-0.15, -0.1) is 16.4 Å². The van der Waals surface area contributed by atoms with Crippen molar-refractivity contribution in [3.8, 4) is 11.4 Å². The summed E-state index contributed by atoms with van der Waals surface area (Å²) in [5.41, 5.74) is 3.49. The van der Waals surface area contributed by atoms with Gasteiger partial charge in [-0.1, -0.05) is 42.0 Å². The van der Waals surface area contributed by atoms with Crippen LogP contribution in [0, 0.1) is 12.7 Å². The molecule has 158 valence electrons. The van der Waals surface area contributed by atoms with E-state index in [1.807, 2.05) is 36.6 Å². The van der Waals surface area contributed by atoms with E-state index in [0.717, 1.165) is 16.8 Å². The summed E-state index contributed by atoms with van der Waals surface area (Å²) in [6, 6.07) is 13.8. The van der Waals surface area contributed by atoms with Crippen LogP contribution in [0.3, 0.4) is 0 Å². The van der Waals surface area contributed by atoms with E-state index in [1.54, 1.807) is 16.6 Å². The van der Waals surface area contributed by atoms with Crippen molar-refractivity contribution in [3.63, 3.8) is 0 Å². The number of halogens is 1. The molecule has 0 saturated carbocycles. The Labute approximate surface area is 181 Å². The molecule has 2 heterocycles. The zero-order valence-electron chi connectivity index (χ0n) is 16.8. The molecule has 0 aliphatic rings. The zero-order valence-corrected chi connectivity index (χ0v) is 17.6. The number of hydrogen-bond donors (Lipinski definition) is 2. The predicted molar refractivity (Wildman–Crippen MR) is 116 cm³/mol. The molecular weight excluding hydrogens is 417 g/mol. The van der Waals surface area contributed by atoms with Crippen molar-refractivity contribution in [1.82, 2.24) is 25.2 Å². The molecule has 0 spiro atoms. The molecule has 0 bridgehead atoms. The standard InChI is InChI=1S/C22H20FN5O2S/c1-14-5-7-15(8-6-14)12-25-21(30)20(29)24-10-9-18-13-31-22-26-19(27-28(18)22)16-3-2-4-17(23)11-16/h2-8,11,13H,9-10,12H2,1H3,(H,24,29)(H,25,30). The molecule has 31 heavy (non-hydrogen) atoms. The number of aryl methyl sites for hydroxylation is 1. The van der Waals surface area contributed by atoms with Crippen molar-refractivity contribution in [2.75, 3.05) is 6.54 Å². The van der Waals surface area contributed by atoms with Gasteiger partial charge >= 0.3 is 11.8 Å². The van der Waals surface area contributed by atoms with E-state index in [4.69, 9.17) is 0 Å². The highest BCUT2D eigenvalue weighted by atomic mass is 32.1. The second-order valence-electron chi connectivity index (χ2n) is 7.04. The molecule has 0 atom stereocenters. The first-order valence-electron chi connectivity index (χ1n) is 9.70. The molecule has 4 aromatic rings. The molecule has 2 aromatic carbocycles. The summed E-state index contributed by atoms with van der Waals surface area (Å²) < 4.78 is 15.1. The van der Waals surface area contributed by atoms with Crippen LogP contribution in [0.15, 0.2) is 53.9 Å². The summed E-state index contributed by atoms with van der Waals surface area (Å²) >= 11 is 1.41. The lowest BCUT2D eigenvalue weighted by Gasteiger charge is -2.06. The summed E-state index contributed by atoms with van der Waals surface area (Å²) in [5, 5.41) is 11.6. The highest BCUT2D eigenvalue weighted by Crippen LogP contribution is 2.21. The van der Waals surface area contributed by atoms with Crippen molar-refractivity contribution in [2.24, 2.45) is 0 Å². The maximum absolute atomic E-state index is 13.5. The molecule has 2 N–H and O–H groups in total. The molecule has 0 unspecified atom stereocenters. The number of carbonyl (C=O) groups is 2. The molecule has 2 amide bonds. The van der Waals surface area contributed by atoms with Crippen molar-refractivity contribution in [1.29, 1.82) is 0 Å². The normalized spacial score (nSPS) is 10.9. The van der Waals surface area contributed by atoms with Crippen LogP contribution < -0.4 is 10.6 Å². The van der Waals surface area contributed by atoms with Crippen molar-refractivity contribution < 1.29 is 14.0 Å². The third-order valence-corrected chi connectivity index (χ3v) is 5.54. The van der Waals surface area contributed by atoms with Gasteiger partial charge in [0.05, 0.1) is 5.69 Å². The van der Waals surface area contributed by atoms with Gasteiger partial charge in [0, 0.05) is 30.5 Å².